The number of H-pyrrole nitrogens is 1. The van der Waals surface area contributed by atoms with Gasteiger partial charge in [-0.05, 0) is 25.1 Å². The molecule has 1 amide bonds. The first kappa shape index (κ1) is 16.5. The Morgan fingerprint density at radius 2 is 2.27 bits per heavy atom. The van der Waals surface area contributed by atoms with Crippen LogP contribution in [0.5, 0.6) is 0 Å². The van der Waals surface area contributed by atoms with Crippen LogP contribution in [0.25, 0.3) is 11.0 Å². The van der Waals surface area contributed by atoms with E-state index >= 15 is 0 Å². The minimum absolute atomic E-state index is 0.0182. The number of imidazole rings is 1. The number of carbonyl (C=O) groups excluding carboxylic acids is 1. The number of aromatic nitrogens is 3. The molecule has 3 heterocycles. The number of benzene rings is 1. The fourth-order valence-electron chi connectivity index (χ4n) is 3.40. The molecular formula is C18H13ClFN5O. The maximum absolute atomic E-state index is 13.9. The molecule has 1 aliphatic heterocycles. The number of amides is 1. The molecule has 1 N–H and O–H groups in total. The predicted octanol–water partition coefficient (Wildman–Crippen LogP) is 3.38. The molecule has 2 aromatic heterocycles. The lowest BCUT2D eigenvalue weighted by atomic mass is 9.94. The van der Waals surface area contributed by atoms with E-state index in [4.69, 9.17) is 11.6 Å². The standard InChI is InChI=1S/C18H13ClFN5O/c1-9-14-10(8-21)4-6-22-13(14)5-7-25(9)18(26)17-23-15-11(19)2-3-12(20)16(15)24-17/h2-4,6,9H,5,7H2,1H3,(H,23,24)/t9-/m1/s1. The molecule has 4 rings (SSSR count). The summed E-state index contributed by atoms with van der Waals surface area (Å²) in [5.41, 5.74) is 2.39. The number of pyridine rings is 1. The minimum atomic E-state index is -0.548. The van der Waals surface area contributed by atoms with E-state index in [1.54, 1.807) is 17.2 Å². The summed E-state index contributed by atoms with van der Waals surface area (Å²) < 4.78 is 13.9. The van der Waals surface area contributed by atoms with Crippen molar-refractivity contribution in [3.05, 3.63) is 57.9 Å². The highest BCUT2D eigenvalue weighted by atomic mass is 35.5. The van der Waals surface area contributed by atoms with Gasteiger partial charge in [-0.2, -0.15) is 5.26 Å². The van der Waals surface area contributed by atoms with Crippen LogP contribution in [-0.4, -0.2) is 32.3 Å². The normalized spacial score (nSPS) is 16.4. The summed E-state index contributed by atoms with van der Waals surface area (Å²) in [6, 6.07) is 6.07. The van der Waals surface area contributed by atoms with Crippen molar-refractivity contribution in [2.24, 2.45) is 0 Å². The molecule has 1 atom stereocenters. The number of nitrogens with zero attached hydrogens (tertiary/aromatic N) is 4. The minimum Gasteiger partial charge on any atom is -0.333 e. The molecule has 0 saturated heterocycles. The van der Waals surface area contributed by atoms with Gasteiger partial charge in [-0.15, -0.1) is 0 Å². The van der Waals surface area contributed by atoms with Crippen LogP contribution in [0, 0.1) is 17.1 Å². The van der Waals surface area contributed by atoms with Gasteiger partial charge in [0, 0.05) is 30.4 Å². The van der Waals surface area contributed by atoms with Crippen LogP contribution < -0.4 is 0 Å². The quantitative estimate of drug-likeness (QED) is 0.712. The number of carbonyl (C=O) groups is 1. The number of nitriles is 1. The van der Waals surface area contributed by atoms with Crippen molar-refractivity contribution in [3.8, 4) is 6.07 Å². The third kappa shape index (κ3) is 2.42. The molecule has 0 saturated carbocycles. The van der Waals surface area contributed by atoms with Crippen molar-refractivity contribution in [1.82, 2.24) is 19.9 Å². The van der Waals surface area contributed by atoms with Gasteiger partial charge in [0.2, 0.25) is 0 Å². The van der Waals surface area contributed by atoms with Gasteiger partial charge < -0.3 is 9.88 Å². The molecule has 0 bridgehead atoms. The highest BCUT2D eigenvalue weighted by Crippen LogP contribution is 2.32. The fourth-order valence-corrected chi connectivity index (χ4v) is 3.60. The maximum Gasteiger partial charge on any atom is 0.290 e. The number of rotatable bonds is 1. The Balaban J connectivity index is 1.75. The van der Waals surface area contributed by atoms with Crippen LogP contribution in [-0.2, 0) is 6.42 Å². The molecule has 1 aromatic carbocycles. The summed E-state index contributed by atoms with van der Waals surface area (Å²) in [5, 5.41) is 9.65. The lowest BCUT2D eigenvalue weighted by Gasteiger charge is -2.34. The zero-order chi connectivity index (χ0) is 18.4. The molecule has 26 heavy (non-hydrogen) atoms. The average molecular weight is 370 g/mol. The highest BCUT2D eigenvalue weighted by Gasteiger charge is 2.32. The summed E-state index contributed by atoms with van der Waals surface area (Å²) >= 11 is 6.06. The van der Waals surface area contributed by atoms with Crippen molar-refractivity contribution in [2.45, 2.75) is 19.4 Å². The van der Waals surface area contributed by atoms with E-state index in [2.05, 4.69) is 21.0 Å². The Kier molecular flexibility index (Phi) is 3.85. The third-order valence-electron chi connectivity index (χ3n) is 4.68. The molecule has 0 radical (unpaired) electrons. The second-order valence-electron chi connectivity index (χ2n) is 6.09. The van der Waals surface area contributed by atoms with Crippen molar-refractivity contribution < 1.29 is 9.18 Å². The first-order valence-corrected chi connectivity index (χ1v) is 8.41. The van der Waals surface area contributed by atoms with Crippen LogP contribution >= 0.6 is 11.6 Å². The molecule has 8 heteroatoms. The predicted molar refractivity (Wildman–Crippen MR) is 93.2 cm³/mol. The molecule has 0 spiro atoms. The molecule has 0 unspecified atom stereocenters. The molecule has 3 aromatic rings. The van der Waals surface area contributed by atoms with E-state index in [1.165, 1.54) is 12.1 Å². The number of halogens is 2. The third-order valence-corrected chi connectivity index (χ3v) is 4.99. The topological polar surface area (TPSA) is 85.7 Å². The van der Waals surface area contributed by atoms with Gasteiger partial charge in [0.1, 0.15) is 5.52 Å². The van der Waals surface area contributed by atoms with E-state index in [9.17, 15) is 14.4 Å². The fraction of sp³-hybridized carbons (Fsp3) is 0.222. The van der Waals surface area contributed by atoms with Gasteiger partial charge >= 0.3 is 0 Å². The van der Waals surface area contributed by atoms with Gasteiger partial charge in [-0.1, -0.05) is 11.6 Å². The summed E-state index contributed by atoms with van der Waals surface area (Å²) in [6.45, 7) is 2.27. The Morgan fingerprint density at radius 3 is 3.00 bits per heavy atom. The highest BCUT2D eigenvalue weighted by molar-refractivity contribution is 6.35. The van der Waals surface area contributed by atoms with E-state index in [-0.39, 0.29) is 23.3 Å². The Bertz CT molecular complexity index is 1050. The van der Waals surface area contributed by atoms with Crippen LogP contribution in [0.1, 0.15) is 40.4 Å². The number of hydrogen-bond donors (Lipinski definition) is 1. The van der Waals surface area contributed by atoms with Gasteiger partial charge in [0.25, 0.3) is 5.91 Å². The second kappa shape index (κ2) is 6.07. The number of nitrogens with one attached hydrogen (secondary N) is 1. The molecule has 1 aliphatic rings. The first-order valence-electron chi connectivity index (χ1n) is 8.04. The molecule has 130 valence electrons. The van der Waals surface area contributed by atoms with E-state index < -0.39 is 5.82 Å². The van der Waals surface area contributed by atoms with Crippen LogP contribution in [0.4, 0.5) is 4.39 Å². The number of hydrogen-bond acceptors (Lipinski definition) is 4. The zero-order valence-corrected chi connectivity index (χ0v) is 14.5. The average Bonchev–Trinajstić information content (AvgIpc) is 3.11. The largest absolute Gasteiger partial charge is 0.333 e. The monoisotopic (exact) mass is 369 g/mol. The van der Waals surface area contributed by atoms with Crippen molar-refractivity contribution in [2.75, 3.05) is 6.54 Å². The summed E-state index contributed by atoms with van der Waals surface area (Å²) in [7, 11) is 0. The Labute approximate surface area is 153 Å². The Morgan fingerprint density at radius 1 is 1.46 bits per heavy atom. The molecule has 0 aliphatic carbocycles. The summed E-state index contributed by atoms with van der Waals surface area (Å²) in [4.78, 5) is 25.8. The zero-order valence-electron chi connectivity index (χ0n) is 13.8. The van der Waals surface area contributed by atoms with Gasteiger partial charge in [0.15, 0.2) is 11.6 Å². The van der Waals surface area contributed by atoms with Crippen molar-refractivity contribution in [1.29, 1.82) is 5.26 Å². The number of aromatic amines is 1. The van der Waals surface area contributed by atoms with E-state index in [1.807, 2.05) is 6.92 Å². The van der Waals surface area contributed by atoms with Gasteiger partial charge in [-0.25, -0.2) is 9.37 Å². The van der Waals surface area contributed by atoms with E-state index in [0.29, 0.717) is 29.1 Å². The molecular weight excluding hydrogens is 357 g/mol. The smallest absolute Gasteiger partial charge is 0.290 e. The summed E-state index contributed by atoms with van der Waals surface area (Å²) in [6.07, 6.45) is 2.14. The van der Waals surface area contributed by atoms with Crippen LogP contribution in [0.15, 0.2) is 24.4 Å². The lowest BCUT2D eigenvalue weighted by molar-refractivity contribution is 0.0664. The summed E-state index contributed by atoms with van der Waals surface area (Å²) in [5.74, 6) is -0.903. The lowest BCUT2D eigenvalue weighted by Crippen LogP contribution is -2.40. The van der Waals surface area contributed by atoms with Crippen LogP contribution in [0.2, 0.25) is 5.02 Å². The van der Waals surface area contributed by atoms with Crippen LogP contribution in [0.3, 0.4) is 0 Å². The van der Waals surface area contributed by atoms with Crippen molar-refractivity contribution in [3.63, 3.8) is 0 Å². The molecule has 6 nitrogen and oxygen atoms in total. The maximum atomic E-state index is 13.9. The first-order chi connectivity index (χ1) is 12.5. The molecule has 0 fully saturated rings. The SMILES string of the molecule is C[C@@H]1c2c(C#N)ccnc2CCN1C(=O)c1nc2c(F)ccc(Cl)c2[nH]1. The van der Waals surface area contributed by atoms with E-state index in [0.717, 1.165) is 11.3 Å². The van der Waals surface area contributed by atoms with Crippen molar-refractivity contribution >= 4 is 28.5 Å². The van der Waals surface area contributed by atoms with Gasteiger partial charge in [0.05, 0.1) is 28.2 Å². The second-order valence-corrected chi connectivity index (χ2v) is 6.50. The van der Waals surface area contributed by atoms with Gasteiger partial charge in [-0.3, -0.25) is 9.78 Å². The Hall–Kier alpha value is -2.98. The number of fused-ring (bicyclic) bond motifs is 2.